The third-order valence-corrected chi connectivity index (χ3v) is 4.46. The molecule has 0 unspecified atom stereocenters. The minimum Gasteiger partial charge on any atom is -0.426 e. The van der Waals surface area contributed by atoms with E-state index in [1.165, 1.54) is 31.2 Å². The molecule has 7 heteroatoms. The van der Waals surface area contributed by atoms with E-state index in [0.29, 0.717) is 30.1 Å². The van der Waals surface area contributed by atoms with Crippen LogP contribution in [0.2, 0.25) is 0 Å². The standard InChI is InChI=1S/C24H24FN3O3/c1-16-15-22(11-12-23(16)31-17(2)29)27-14-13-26-20-7-3-18(4-8-20)24(30)28-21-9-5-19(25)6-10-21/h3-12,15,26-27H,13-14H2,1-2H3,(H,28,30). The van der Waals surface area contributed by atoms with Crippen LogP contribution in [0.3, 0.4) is 0 Å². The average Bonchev–Trinajstić information content (AvgIpc) is 2.75. The second-order valence-electron chi connectivity index (χ2n) is 6.97. The highest BCUT2D eigenvalue weighted by molar-refractivity contribution is 6.04. The first-order valence-corrected chi connectivity index (χ1v) is 9.84. The number of carbonyl (C=O) groups excluding carboxylic acids is 2. The molecule has 0 radical (unpaired) electrons. The molecule has 160 valence electrons. The van der Waals surface area contributed by atoms with Crippen molar-refractivity contribution in [2.45, 2.75) is 13.8 Å². The van der Waals surface area contributed by atoms with Crippen LogP contribution in [0, 0.1) is 12.7 Å². The Hall–Kier alpha value is -3.87. The molecule has 0 spiro atoms. The van der Waals surface area contributed by atoms with Gasteiger partial charge in [0.2, 0.25) is 0 Å². The second-order valence-corrected chi connectivity index (χ2v) is 6.97. The Balaban J connectivity index is 1.45. The molecule has 6 nitrogen and oxygen atoms in total. The summed E-state index contributed by atoms with van der Waals surface area (Å²) in [5.74, 6) is -0.392. The largest absolute Gasteiger partial charge is 0.426 e. The zero-order valence-corrected chi connectivity index (χ0v) is 17.4. The topological polar surface area (TPSA) is 79.5 Å². The van der Waals surface area contributed by atoms with Crippen molar-refractivity contribution in [3.05, 3.63) is 83.7 Å². The number of nitrogens with one attached hydrogen (secondary N) is 3. The molecular weight excluding hydrogens is 397 g/mol. The maximum Gasteiger partial charge on any atom is 0.308 e. The number of amides is 1. The van der Waals surface area contributed by atoms with Gasteiger partial charge in [-0.05, 0) is 79.2 Å². The molecule has 0 aromatic heterocycles. The number of ether oxygens (including phenoxy) is 1. The molecule has 0 aliphatic rings. The van der Waals surface area contributed by atoms with Gasteiger partial charge in [-0.3, -0.25) is 9.59 Å². The Bertz CT molecular complexity index is 1050. The van der Waals surface area contributed by atoms with Crippen molar-refractivity contribution in [2.75, 3.05) is 29.0 Å². The van der Waals surface area contributed by atoms with Crippen molar-refractivity contribution in [2.24, 2.45) is 0 Å². The van der Waals surface area contributed by atoms with Crippen LogP contribution >= 0.6 is 0 Å². The SMILES string of the molecule is CC(=O)Oc1ccc(NCCNc2ccc(C(=O)Nc3ccc(F)cc3)cc2)cc1C. The van der Waals surface area contributed by atoms with E-state index in [1.807, 2.05) is 31.2 Å². The summed E-state index contributed by atoms with van der Waals surface area (Å²) < 4.78 is 18.1. The number of anilines is 3. The lowest BCUT2D eigenvalue weighted by atomic mass is 10.2. The van der Waals surface area contributed by atoms with E-state index in [2.05, 4.69) is 16.0 Å². The Morgan fingerprint density at radius 3 is 2.03 bits per heavy atom. The third kappa shape index (κ3) is 6.57. The van der Waals surface area contributed by atoms with Crippen molar-refractivity contribution in [3.63, 3.8) is 0 Å². The molecular formula is C24H24FN3O3. The van der Waals surface area contributed by atoms with Crippen LogP contribution < -0.4 is 20.7 Å². The quantitative estimate of drug-likeness (QED) is 0.276. The molecule has 0 saturated carbocycles. The predicted molar refractivity (Wildman–Crippen MR) is 120 cm³/mol. The van der Waals surface area contributed by atoms with Gasteiger partial charge in [0, 0.05) is 42.6 Å². The van der Waals surface area contributed by atoms with Crippen molar-refractivity contribution >= 4 is 28.9 Å². The monoisotopic (exact) mass is 421 g/mol. The number of carbonyl (C=O) groups is 2. The molecule has 3 aromatic carbocycles. The van der Waals surface area contributed by atoms with Gasteiger partial charge in [-0.15, -0.1) is 0 Å². The molecule has 31 heavy (non-hydrogen) atoms. The first-order chi connectivity index (χ1) is 14.9. The summed E-state index contributed by atoms with van der Waals surface area (Å²) in [6.07, 6.45) is 0. The molecule has 0 heterocycles. The Labute approximate surface area is 180 Å². The lowest BCUT2D eigenvalue weighted by Crippen LogP contribution is -2.14. The van der Waals surface area contributed by atoms with E-state index in [1.54, 1.807) is 18.2 Å². The highest BCUT2D eigenvalue weighted by atomic mass is 19.1. The lowest BCUT2D eigenvalue weighted by molar-refractivity contribution is -0.131. The van der Waals surface area contributed by atoms with Crippen LogP contribution in [0.25, 0.3) is 0 Å². The molecule has 3 aromatic rings. The van der Waals surface area contributed by atoms with Gasteiger partial charge >= 0.3 is 5.97 Å². The molecule has 0 aliphatic carbocycles. The number of benzene rings is 3. The van der Waals surface area contributed by atoms with Crippen LogP contribution in [-0.4, -0.2) is 25.0 Å². The van der Waals surface area contributed by atoms with E-state index in [9.17, 15) is 14.0 Å². The molecule has 0 saturated heterocycles. The van der Waals surface area contributed by atoms with Crippen LogP contribution in [0.15, 0.2) is 66.7 Å². The Kier molecular flexibility index (Phi) is 7.22. The summed E-state index contributed by atoms with van der Waals surface area (Å²) in [5.41, 5.74) is 3.75. The van der Waals surface area contributed by atoms with Gasteiger partial charge in [0.25, 0.3) is 5.91 Å². The van der Waals surface area contributed by atoms with Gasteiger partial charge < -0.3 is 20.7 Å². The fourth-order valence-electron chi connectivity index (χ4n) is 2.92. The van der Waals surface area contributed by atoms with Crippen molar-refractivity contribution < 1.29 is 18.7 Å². The Morgan fingerprint density at radius 1 is 0.839 bits per heavy atom. The van der Waals surface area contributed by atoms with Crippen LogP contribution in [-0.2, 0) is 4.79 Å². The first-order valence-electron chi connectivity index (χ1n) is 9.84. The normalized spacial score (nSPS) is 10.3. The average molecular weight is 421 g/mol. The summed E-state index contributed by atoms with van der Waals surface area (Å²) in [7, 11) is 0. The molecule has 0 aliphatic heterocycles. The van der Waals surface area contributed by atoms with E-state index in [-0.39, 0.29) is 17.7 Å². The van der Waals surface area contributed by atoms with E-state index < -0.39 is 0 Å². The van der Waals surface area contributed by atoms with Gasteiger partial charge in [0.15, 0.2) is 0 Å². The predicted octanol–water partition coefficient (Wildman–Crippen LogP) is 4.84. The number of rotatable bonds is 8. The lowest BCUT2D eigenvalue weighted by Gasteiger charge is -2.12. The number of aryl methyl sites for hydroxylation is 1. The fourth-order valence-corrected chi connectivity index (χ4v) is 2.92. The van der Waals surface area contributed by atoms with Crippen LogP contribution in [0.1, 0.15) is 22.8 Å². The number of halogens is 1. The summed E-state index contributed by atoms with van der Waals surface area (Å²) in [4.78, 5) is 23.3. The fraction of sp³-hybridized carbons (Fsp3) is 0.167. The van der Waals surface area contributed by atoms with E-state index in [0.717, 1.165) is 16.9 Å². The van der Waals surface area contributed by atoms with Crippen LogP contribution in [0.5, 0.6) is 5.75 Å². The van der Waals surface area contributed by atoms with Crippen molar-refractivity contribution in [1.29, 1.82) is 0 Å². The highest BCUT2D eigenvalue weighted by Crippen LogP contribution is 2.22. The van der Waals surface area contributed by atoms with Crippen molar-refractivity contribution in [3.8, 4) is 5.75 Å². The highest BCUT2D eigenvalue weighted by Gasteiger charge is 2.06. The molecule has 3 N–H and O–H groups in total. The Morgan fingerprint density at radius 2 is 1.42 bits per heavy atom. The summed E-state index contributed by atoms with van der Waals surface area (Å²) in [6, 6.07) is 18.3. The van der Waals surface area contributed by atoms with Crippen molar-refractivity contribution in [1.82, 2.24) is 0 Å². The van der Waals surface area contributed by atoms with Gasteiger partial charge in [-0.2, -0.15) is 0 Å². The zero-order chi connectivity index (χ0) is 22.2. The number of esters is 1. The van der Waals surface area contributed by atoms with Gasteiger partial charge in [0.05, 0.1) is 0 Å². The summed E-state index contributed by atoms with van der Waals surface area (Å²) >= 11 is 0. The van der Waals surface area contributed by atoms with Gasteiger partial charge in [-0.1, -0.05) is 0 Å². The summed E-state index contributed by atoms with van der Waals surface area (Å²) in [6.45, 7) is 4.61. The van der Waals surface area contributed by atoms with Crippen LogP contribution in [0.4, 0.5) is 21.5 Å². The summed E-state index contributed by atoms with van der Waals surface area (Å²) in [5, 5.41) is 9.32. The van der Waals surface area contributed by atoms with Gasteiger partial charge in [0.1, 0.15) is 11.6 Å². The number of hydrogen-bond donors (Lipinski definition) is 3. The second kappa shape index (κ2) is 10.2. The van der Waals surface area contributed by atoms with Gasteiger partial charge in [-0.25, -0.2) is 4.39 Å². The minimum absolute atomic E-state index is 0.257. The molecule has 0 fully saturated rings. The minimum atomic E-state index is -0.350. The maximum absolute atomic E-state index is 12.9. The van der Waals surface area contributed by atoms with E-state index >= 15 is 0 Å². The zero-order valence-electron chi connectivity index (χ0n) is 17.4. The third-order valence-electron chi connectivity index (χ3n) is 4.46. The smallest absolute Gasteiger partial charge is 0.308 e. The molecule has 0 bridgehead atoms. The number of hydrogen-bond acceptors (Lipinski definition) is 5. The first kappa shape index (κ1) is 21.8. The van der Waals surface area contributed by atoms with E-state index in [4.69, 9.17) is 4.74 Å². The molecule has 0 atom stereocenters. The molecule has 3 rings (SSSR count). The molecule has 1 amide bonds. The maximum atomic E-state index is 12.9.